The number of carbonyl (C=O) groups is 2. The lowest BCUT2D eigenvalue weighted by molar-refractivity contribution is -0.116. The minimum absolute atomic E-state index is 0.0689. The molecule has 37 heavy (non-hydrogen) atoms. The molecule has 9 nitrogen and oxygen atoms in total. The fourth-order valence-electron chi connectivity index (χ4n) is 4.78. The van der Waals surface area contributed by atoms with Crippen LogP contribution in [0.15, 0.2) is 58.9 Å². The highest BCUT2D eigenvalue weighted by atomic mass is 32.2. The van der Waals surface area contributed by atoms with Gasteiger partial charge in [0.25, 0.3) is 5.91 Å². The summed E-state index contributed by atoms with van der Waals surface area (Å²) in [5, 5.41) is 6.94. The maximum atomic E-state index is 13.5. The Morgan fingerprint density at radius 2 is 2.03 bits per heavy atom. The molecule has 0 bridgehead atoms. The molecular formula is C26H27N5O4S2. The van der Waals surface area contributed by atoms with Crippen molar-refractivity contribution in [3.63, 3.8) is 0 Å². The van der Waals surface area contributed by atoms with Gasteiger partial charge in [-0.3, -0.25) is 14.6 Å². The van der Waals surface area contributed by atoms with Gasteiger partial charge in [0.1, 0.15) is 4.88 Å². The average molecular weight is 538 g/mol. The number of hydrogen-bond acceptors (Lipinski definition) is 8. The lowest BCUT2D eigenvalue weighted by Crippen LogP contribution is -2.26. The molecule has 0 saturated carbocycles. The van der Waals surface area contributed by atoms with Gasteiger partial charge in [0.2, 0.25) is 10.0 Å². The number of anilines is 3. The predicted molar refractivity (Wildman–Crippen MR) is 144 cm³/mol. The van der Waals surface area contributed by atoms with Crippen molar-refractivity contribution in [1.82, 2.24) is 9.29 Å². The van der Waals surface area contributed by atoms with E-state index in [0.29, 0.717) is 39.4 Å². The molecule has 1 aromatic carbocycles. The van der Waals surface area contributed by atoms with Crippen LogP contribution < -0.4 is 16.4 Å². The Balaban J connectivity index is 1.55. The van der Waals surface area contributed by atoms with Crippen molar-refractivity contribution < 1.29 is 18.0 Å². The van der Waals surface area contributed by atoms with Crippen LogP contribution in [0.5, 0.6) is 0 Å². The van der Waals surface area contributed by atoms with E-state index in [2.05, 4.69) is 15.6 Å². The van der Waals surface area contributed by atoms with E-state index < -0.39 is 21.8 Å². The van der Waals surface area contributed by atoms with Gasteiger partial charge in [-0.1, -0.05) is 12.1 Å². The number of pyridine rings is 1. The second kappa shape index (κ2) is 9.40. The van der Waals surface area contributed by atoms with Crippen LogP contribution in [-0.2, 0) is 14.8 Å². The first-order valence-electron chi connectivity index (χ1n) is 11.8. The lowest BCUT2D eigenvalue weighted by atomic mass is 9.77. The molecular weight excluding hydrogens is 510 g/mol. The van der Waals surface area contributed by atoms with Crippen LogP contribution in [0.25, 0.3) is 0 Å². The highest BCUT2D eigenvalue weighted by Gasteiger charge is 2.39. The van der Waals surface area contributed by atoms with E-state index in [0.717, 1.165) is 33.4 Å². The van der Waals surface area contributed by atoms with Gasteiger partial charge in [0.15, 0.2) is 5.78 Å². The van der Waals surface area contributed by atoms with E-state index in [9.17, 15) is 18.0 Å². The van der Waals surface area contributed by atoms with Crippen molar-refractivity contribution >= 4 is 49.4 Å². The van der Waals surface area contributed by atoms with Crippen molar-refractivity contribution in [2.24, 2.45) is 0 Å². The minimum Gasteiger partial charge on any atom is -0.397 e. The Kier molecular flexibility index (Phi) is 6.38. The summed E-state index contributed by atoms with van der Waals surface area (Å²) < 4.78 is 26.3. The van der Waals surface area contributed by atoms with E-state index in [-0.39, 0.29) is 10.7 Å². The number of nitrogens with zero attached hydrogens (tertiary/aromatic N) is 2. The summed E-state index contributed by atoms with van der Waals surface area (Å²) in [6, 6.07) is 8.34. The number of amides is 1. The van der Waals surface area contributed by atoms with Crippen molar-refractivity contribution in [3.05, 3.63) is 75.6 Å². The zero-order valence-corrected chi connectivity index (χ0v) is 22.3. The number of nitrogens with one attached hydrogen (secondary N) is 2. The summed E-state index contributed by atoms with van der Waals surface area (Å²) in [5.41, 5.74) is 11.1. The molecule has 0 radical (unpaired) electrons. The monoisotopic (exact) mass is 537 g/mol. The van der Waals surface area contributed by atoms with Gasteiger partial charge in [-0.25, -0.2) is 12.7 Å². The normalized spacial score (nSPS) is 17.3. The topological polar surface area (TPSA) is 134 Å². The zero-order valence-electron chi connectivity index (χ0n) is 20.7. The molecule has 1 aliphatic heterocycles. The molecule has 11 heteroatoms. The maximum Gasteiger partial charge on any atom is 0.267 e. The first kappa shape index (κ1) is 25.1. The summed E-state index contributed by atoms with van der Waals surface area (Å²) >= 11 is 1.22. The molecule has 0 spiro atoms. The molecule has 0 saturated heterocycles. The van der Waals surface area contributed by atoms with Crippen LogP contribution in [0.2, 0.25) is 0 Å². The minimum atomic E-state index is -3.68. The molecule has 1 amide bonds. The van der Waals surface area contributed by atoms with Gasteiger partial charge >= 0.3 is 0 Å². The molecule has 192 valence electrons. The number of hydrogen-bond donors (Lipinski definition) is 3. The molecule has 1 atom stereocenters. The Labute approximate surface area is 219 Å². The van der Waals surface area contributed by atoms with Crippen molar-refractivity contribution in [2.75, 3.05) is 30.5 Å². The van der Waals surface area contributed by atoms with Gasteiger partial charge in [0.05, 0.1) is 15.6 Å². The van der Waals surface area contributed by atoms with Crippen LogP contribution in [-0.4, -0.2) is 43.5 Å². The van der Waals surface area contributed by atoms with Gasteiger partial charge in [-0.2, -0.15) is 0 Å². The van der Waals surface area contributed by atoms with Crippen LogP contribution >= 0.6 is 11.3 Å². The van der Waals surface area contributed by atoms with Gasteiger partial charge in [-0.15, -0.1) is 11.3 Å². The highest BCUT2D eigenvalue weighted by molar-refractivity contribution is 7.89. The van der Waals surface area contributed by atoms with E-state index in [1.807, 2.05) is 12.1 Å². The zero-order chi connectivity index (χ0) is 26.5. The Bertz CT molecular complexity index is 1560. The Morgan fingerprint density at radius 1 is 1.24 bits per heavy atom. The van der Waals surface area contributed by atoms with Crippen LogP contribution in [0, 0.1) is 6.92 Å². The molecule has 1 aliphatic carbocycles. The summed E-state index contributed by atoms with van der Waals surface area (Å²) in [5.74, 6) is -0.796. The fraction of sp³-hybridized carbons (Fsp3) is 0.269. The number of benzene rings is 1. The van der Waals surface area contributed by atoms with E-state index in [4.69, 9.17) is 5.73 Å². The number of aryl methyl sites for hydroxylation is 1. The van der Waals surface area contributed by atoms with E-state index in [1.165, 1.54) is 37.6 Å². The average Bonchev–Trinajstić information content (AvgIpc) is 3.20. The third kappa shape index (κ3) is 4.32. The van der Waals surface area contributed by atoms with Crippen molar-refractivity contribution in [1.29, 1.82) is 0 Å². The standard InChI is InChI=1S/C26H27N5O4S2/c1-14-9-10-16(37(34,35)31(2)3)12-18(14)29-25(33)24-23(27)22-20(15-6-5-11-28-13-15)21-17(30-26(22)36-24)7-4-8-19(21)32/h5-6,9-13,20,30H,4,7-8,27H2,1-3H3,(H,29,33)/t20-/m1/s1. The summed E-state index contributed by atoms with van der Waals surface area (Å²) in [4.78, 5) is 31.1. The number of ketones is 1. The lowest BCUT2D eigenvalue weighted by Gasteiger charge is -2.32. The third-order valence-corrected chi connectivity index (χ3v) is 9.69. The van der Waals surface area contributed by atoms with E-state index in [1.54, 1.807) is 25.4 Å². The Hall–Kier alpha value is -3.54. The second-order valence-electron chi connectivity index (χ2n) is 9.32. The highest BCUT2D eigenvalue weighted by Crippen LogP contribution is 2.51. The molecule has 2 aliphatic rings. The van der Waals surface area contributed by atoms with Crippen molar-refractivity contribution in [2.45, 2.75) is 37.0 Å². The van der Waals surface area contributed by atoms with Gasteiger partial charge in [0, 0.05) is 61.3 Å². The molecule has 2 aromatic heterocycles. The maximum absolute atomic E-state index is 13.5. The Morgan fingerprint density at radius 3 is 2.73 bits per heavy atom. The quantitative estimate of drug-likeness (QED) is 0.446. The van der Waals surface area contributed by atoms with Crippen LogP contribution in [0.1, 0.15) is 51.5 Å². The van der Waals surface area contributed by atoms with Gasteiger partial charge < -0.3 is 16.4 Å². The van der Waals surface area contributed by atoms with Gasteiger partial charge in [-0.05, 0) is 49.1 Å². The number of nitrogen functional groups attached to an aromatic ring is 1. The first-order valence-corrected chi connectivity index (χ1v) is 14.0. The molecule has 3 heterocycles. The van der Waals surface area contributed by atoms with Crippen molar-refractivity contribution in [3.8, 4) is 0 Å². The molecule has 0 fully saturated rings. The SMILES string of the molecule is Cc1ccc(S(=O)(=O)N(C)C)cc1NC(=O)c1sc2c(c1N)[C@H](c1cccnc1)C1=C(CCCC1=O)N2. The van der Waals surface area contributed by atoms with Crippen LogP contribution in [0.4, 0.5) is 16.4 Å². The number of allylic oxidation sites excluding steroid dienone is 2. The second-order valence-corrected chi connectivity index (χ2v) is 12.5. The molecule has 3 aromatic rings. The number of fused-ring (bicyclic) bond motifs is 1. The predicted octanol–water partition coefficient (Wildman–Crippen LogP) is 4.10. The van der Waals surface area contributed by atoms with E-state index >= 15 is 0 Å². The number of sulfonamides is 1. The number of thiophene rings is 1. The fourth-order valence-corrected chi connectivity index (χ4v) is 6.79. The number of nitrogens with two attached hydrogens (primary N) is 1. The largest absolute Gasteiger partial charge is 0.397 e. The molecule has 0 unspecified atom stereocenters. The summed E-state index contributed by atoms with van der Waals surface area (Å²) in [6.07, 6.45) is 5.37. The molecule has 5 rings (SSSR count). The molecule has 4 N–H and O–H groups in total. The smallest absolute Gasteiger partial charge is 0.267 e. The third-order valence-electron chi connectivity index (χ3n) is 6.74. The summed E-state index contributed by atoms with van der Waals surface area (Å²) in [6.45, 7) is 1.79. The number of rotatable bonds is 5. The number of aromatic nitrogens is 1. The first-order chi connectivity index (χ1) is 17.6. The number of carbonyl (C=O) groups excluding carboxylic acids is 2. The number of Topliss-reactive ketones (excluding diaryl/α,β-unsaturated/α-hetero) is 1. The summed E-state index contributed by atoms with van der Waals surface area (Å²) in [7, 11) is -0.770. The van der Waals surface area contributed by atoms with Crippen LogP contribution in [0.3, 0.4) is 0 Å².